The summed E-state index contributed by atoms with van der Waals surface area (Å²) in [6.45, 7) is 5.17. The first kappa shape index (κ1) is 12.9. The fourth-order valence-corrected chi connectivity index (χ4v) is 2.00. The summed E-state index contributed by atoms with van der Waals surface area (Å²) in [7, 11) is 2.03. The topological polar surface area (TPSA) is 20.3 Å². The van der Waals surface area contributed by atoms with Gasteiger partial charge in [-0.3, -0.25) is 9.69 Å². The first-order valence-electron chi connectivity index (χ1n) is 6.00. The molecule has 0 aliphatic carbocycles. The highest BCUT2D eigenvalue weighted by Gasteiger charge is 2.21. The van der Waals surface area contributed by atoms with Crippen LogP contribution in [0.25, 0.3) is 0 Å². The van der Waals surface area contributed by atoms with Gasteiger partial charge >= 0.3 is 0 Å². The Morgan fingerprint density at radius 2 is 1.88 bits per heavy atom. The number of rotatable bonds is 6. The predicted molar refractivity (Wildman–Crippen MR) is 67.8 cm³/mol. The molecule has 1 aromatic rings. The van der Waals surface area contributed by atoms with Crippen LogP contribution in [-0.4, -0.2) is 30.3 Å². The normalized spacial score (nSPS) is 12.8. The van der Waals surface area contributed by atoms with Gasteiger partial charge in [-0.25, -0.2) is 0 Å². The second-order valence-electron chi connectivity index (χ2n) is 4.13. The first-order valence-corrected chi connectivity index (χ1v) is 6.00. The predicted octanol–water partition coefficient (Wildman–Crippen LogP) is 2.99. The van der Waals surface area contributed by atoms with E-state index in [4.69, 9.17) is 0 Å². The molecule has 0 spiro atoms. The van der Waals surface area contributed by atoms with Crippen molar-refractivity contribution in [1.82, 2.24) is 4.90 Å². The Bertz CT molecular complexity index is 321. The highest BCUT2D eigenvalue weighted by molar-refractivity contribution is 6.00. The van der Waals surface area contributed by atoms with Crippen LogP contribution in [0.4, 0.5) is 0 Å². The second kappa shape index (κ2) is 6.44. The zero-order valence-corrected chi connectivity index (χ0v) is 10.4. The summed E-state index contributed by atoms with van der Waals surface area (Å²) >= 11 is 0. The molecule has 2 heteroatoms. The molecule has 0 bridgehead atoms. The monoisotopic (exact) mass is 219 g/mol. The maximum absolute atomic E-state index is 12.3. The Kier molecular flexibility index (Phi) is 5.20. The minimum Gasteiger partial charge on any atom is -0.296 e. The standard InChI is InChI=1S/C14H21NO/c1-4-11-15(3)13(5-2)14(16)12-9-7-6-8-10-12/h6-10,13H,4-5,11H2,1-3H3. The van der Waals surface area contributed by atoms with Crippen molar-refractivity contribution in [2.45, 2.75) is 32.7 Å². The quantitative estimate of drug-likeness (QED) is 0.685. The third-order valence-electron chi connectivity index (χ3n) is 2.86. The van der Waals surface area contributed by atoms with E-state index in [1.807, 2.05) is 37.4 Å². The molecule has 0 fully saturated rings. The molecule has 1 rings (SSSR count). The highest BCUT2D eigenvalue weighted by atomic mass is 16.1. The van der Waals surface area contributed by atoms with E-state index in [0.717, 1.165) is 24.9 Å². The number of carbonyl (C=O) groups is 1. The summed E-state index contributed by atoms with van der Waals surface area (Å²) in [6, 6.07) is 9.57. The van der Waals surface area contributed by atoms with Crippen LogP contribution in [-0.2, 0) is 0 Å². The molecule has 0 N–H and O–H groups in total. The van der Waals surface area contributed by atoms with Crippen LogP contribution in [0.5, 0.6) is 0 Å². The minimum absolute atomic E-state index is 0.0161. The van der Waals surface area contributed by atoms with E-state index in [-0.39, 0.29) is 11.8 Å². The summed E-state index contributed by atoms with van der Waals surface area (Å²) in [5, 5.41) is 0. The van der Waals surface area contributed by atoms with Crippen LogP contribution in [0.1, 0.15) is 37.0 Å². The molecule has 0 heterocycles. The maximum Gasteiger partial charge on any atom is 0.179 e. The van der Waals surface area contributed by atoms with E-state index < -0.39 is 0 Å². The molecule has 0 radical (unpaired) electrons. The third kappa shape index (κ3) is 3.17. The molecule has 16 heavy (non-hydrogen) atoms. The first-order chi connectivity index (χ1) is 7.70. The van der Waals surface area contributed by atoms with Gasteiger partial charge in [-0.2, -0.15) is 0 Å². The van der Waals surface area contributed by atoms with Gasteiger partial charge in [0.1, 0.15) is 0 Å². The lowest BCUT2D eigenvalue weighted by atomic mass is 10.0. The molecule has 0 amide bonds. The Hall–Kier alpha value is -1.15. The van der Waals surface area contributed by atoms with Crippen molar-refractivity contribution in [2.75, 3.05) is 13.6 Å². The molecular formula is C14H21NO. The van der Waals surface area contributed by atoms with E-state index in [1.54, 1.807) is 0 Å². The SMILES string of the molecule is CCCN(C)C(CC)C(=O)c1ccccc1. The van der Waals surface area contributed by atoms with Crippen molar-refractivity contribution in [3.8, 4) is 0 Å². The average molecular weight is 219 g/mol. The minimum atomic E-state index is 0.0161. The Morgan fingerprint density at radius 3 is 2.38 bits per heavy atom. The van der Waals surface area contributed by atoms with Crippen LogP contribution < -0.4 is 0 Å². The zero-order chi connectivity index (χ0) is 12.0. The summed E-state index contributed by atoms with van der Waals surface area (Å²) in [5.41, 5.74) is 0.817. The summed E-state index contributed by atoms with van der Waals surface area (Å²) in [5.74, 6) is 0.235. The number of carbonyl (C=O) groups excluding carboxylic acids is 1. The lowest BCUT2D eigenvalue weighted by Gasteiger charge is -2.25. The molecule has 0 aliphatic heterocycles. The van der Waals surface area contributed by atoms with Crippen LogP contribution in [0.15, 0.2) is 30.3 Å². The van der Waals surface area contributed by atoms with E-state index >= 15 is 0 Å². The molecule has 1 aromatic carbocycles. The Labute approximate surface area is 98.3 Å². The van der Waals surface area contributed by atoms with Crippen LogP contribution in [0.3, 0.4) is 0 Å². The molecule has 1 unspecified atom stereocenters. The third-order valence-corrected chi connectivity index (χ3v) is 2.86. The summed E-state index contributed by atoms with van der Waals surface area (Å²) < 4.78 is 0. The van der Waals surface area contributed by atoms with Gasteiger partial charge in [0.05, 0.1) is 6.04 Å². The number of ketones is 1. The summed E-state index contributed by atoms with van der Waals surface area (Å²) in [4.78, 5) is 14.4. The molecule has 88 valence electrons. The largest absolute Gasteiger partial charge is 0.296 e. The van der Waals surface area contributed by atoms with Crippen molar-refractivity contribution in [2.24, 2.45) is 0 Å². The highest BCUT2D eigenvalue weighted by Crippen LogP contribution is 2.11. The van der Waals surface area contributed by atoms with Gasteiger partial charge in [-0.1, -0.05) is 44.2 Å². The van der Waals surface area contributed by atoms with Gasteiger partial charge in [0.2, 0.25) is 0 Å². The van der Waals surface area contributed by atoms with Gasteiger partial charge in [0.25, 0.3) is 0 Å². The molecule has 1 atom stereocenters. The van der Waals surface area contributed by atoms with Crippen LogP contribution in [0.2, 0.25) is 0 Å². The molecule has 0 saturated carbocycles. The number of hydrogen-bond donors (Lipinski definition) is 0. The van der Waals surface area contributed by atoms with E-state index in [1.165, 1.54) is 0 Å². The Balaban J connectivity index is 2.77. The number of hydrogen-bond acceptors (Lipinski definition) is 2. The molecule has 0 aliphatic rings. The zero-order valence-electron chi connectivity index (χ0n) is 10.4. The van der Waals surface area contributed by atoms with Gasteiger partial charge in [0.15, 0.2) is 5.78 Å². The van der Waals surface area contributed by atoms with Crippen LogP contribution in [0, 0.1) is 0 Å². The fraction of sp³-hybridized carbons (Fsp3) is 0.500. The molecular weight excluding hydrogens is 198 g/mol. The summed E-state index contributed by atoms with van der Waals surface area (Å²) in [6.07, 6.45) is 1.94. The smallest absolute Gasteiger partial charge is 0.179 e. The van der Waals surface area contributed by atoms with Gasteiger partial charge in [0, 0.05) is 5.56 Å². The van der Waals surface area contributed by atoms with E-state index in [2.05, 4.69) is 18.7 Å². The Morgan fingerprint density at radius 1 is 1.25 bits per heavy atom. The van der Waals surface area contributed by atoms with Gasteiger partial charge in [-0.05, 0) is 26.4 Å². The lowest BCUT2D eigenvalue weighted by molar-refractivity contribution is 0.0846. The van der Waals surface area contributed by atoms with Crippen molar-refractivity contribution in [1.29, 1.82) is 0 Å². The van der Waals surface area contributed by atoms with Crippen molar-refractivity contribution in [3.05, 3.63) is 35.9 Å². The molecule has 0 aromatic heterocycles. The second-order valence-corrected chi connectivity index (χ2v) is 4.13. The lowest BCUT2D eigenvalue weighted by Crippen LogP contribution is -2.38. The van der Waals surface area contributed by atoms with Gasteiger partial charge < -0.3 is 0 Å². The van der Waals surface area contributed by atoms with Gasteiger partial charge in [-0.15, -0.1) is 0 Å². The maximum atomic E-state index is 12.3. The van der Waals surface area contributed by atoms with Crippen molar-refractivity contribution in [3.63, 3.8) is 0 Å². The van der Waals surface area contributed by atoms with Crippen molar-refractivity contribution >= 4 is 5.78 Å². The molecule has 2 nitrogen and oxygen atoms in total. The van der Waals surface area contributed by atoms with Crippen LogP contribution >= 0.6 is 0 Å². The average Bonchev–Trinajstić information content (AvgIpc) is 2.31. The number of Topliss-reactive ketones (excluding diaryl/α,β-unsaturated/α-hetero) is 1. The number of likely N-dealkylation sites (N-methyl/N-ethyl adjacent to an activating group) is 1. The fourth-order valence-electron chi connectivity index (χ4n) is 2.00. The number of benzene rings is 1. The van der Waals surface area contributed by atoms with E-state index in [9.17, 15) is 4.79 Å². The number of nitrogens with zero attached hydrogens (tertiary/aromatic N) is 1. The van der Waals surface area contributed by atoms with Crippen molar-refractivity contribution < 1.29 is 4.79 Å². The van der Waals surface area contributed by atoms with E-state index in [0.29, 0.717) is 0 Å². The molecule has 0 saturated heterocycles.